The predicted molar refractivity (Wildman–Crippen MR) is 97.1 cm³/mol. The Kier molecular flexibility index (Phi) is 4.69. The molecule has 4 nitrogen and oxygen atoms in total. The van der Waals surface area contributed by atoms with Gasteiger partial charge >= 0.3 is 6.09 Å². The molecule has 6 heteroatoms. The zero-order chi connectivity index (χ0) is 18.2. The number of pyridine rings is 1. The van der Waals surface area contributed by atoms with Crippen LogP contribution in [0.3, 0.4) is 0 Å². The van der Waals surface area contributed by atoms with E-state index >= 15 is 0 Å². The lowest BCUT2D eigenvalue weighted by Crippen LogP contribution is -2.39. The third-order valence-corrected chi connectivity index (χ3v) is 4.16. The number of aromatic nitrogens is 1. The van der Waals surface area contributed by atoms with E-state index < -0.39 is 5.60 Å². The molecule has 0 N–H and O–H groups in total. The molecule has 0 saturated heterocycles. The first-order valence-corrected chi connectivity index (χ1v) is 8.54. The molecule has 2 heterocycles. The normalized spacial score (nSPS) is 15.2. The summed E-state index contributed by atoms with van der Waals surface area (Å²) in [5, 5.41) is 1.17. The lowest BCUT2D eigenvalue weighted by Gasteiger charge is -2.29. The predicted octanol–water partition coefficient (Wildman–Crippen LogP) is 5.05. The highest BCUT2D eigenvalue weighted by atomic mass is 35.5. The van der Waals surface area contributed by atoms with Crippen LogP contribution in [0.2, 0.25) is 5.15 Å². The molecule has 0 aliphatic carbocycles. The lowest BCUT2D eigenvalue weighted by atomic mass is 9.97. The Balaban J connectivity index is 1.82. The first-order valence-electron chi connectivity index (χ1n) is 8.16. The third kappa shape index (κ3) is 4.10. The molecule has 0 bridgehead atoms. The molecule has 1 aromatic carbocycles. The number of benzene rings is 1. The van der Waals surface area contributed by atoms with Gasteiger partial charge in [-0.1, -0.05) is 17.7 Å². The Morgan fingerprint density at radius 2 is 2.08 bits per heavy atom. The van der Waals surface area contributed by atoms with Crippen molar-refractivity contribution in [3.63, 3.8) is 0 Å². The highest BCUT2D eigenvalue weighted by Crippen LogP contribution is 2.29. The number of nitrogens with zero attached hydrogens (tertiary/aromatic N) is 2. The van der Waals surface area contributed by atoms with Gasteiger partial charge in [-0.25, -0.2) is 14.2 Å². The van der Waals surface area contributed by atoms with E-state index in [1.54, 1.807) is 17.0 Å². The van der Waals surface area contributed by atoms with Gasteiger partial charge in [0, 0.05) is 30.1 Å². The summed E-state index contributed by atoms with van der Waals surface area (Å²) in [6, 6.07) is 6.69. The summed E-state index contributed by atoms with van der Waals surface area (Å²) >= 11 is 5.86. The fraction of sp³-hybridized carbons (Fsp3) is 0.368. The van der Waals surface area contributed by atoms with E-state index in [2.05, 4.69) is 4.98 Å². The molecule has 3 rings (SSSR count). The van der Waals surface area contributed by atoms with Crippen LogP contribution in [0.25, 0.3) is 16.5 Å². The highest BCUT2D eigenvalue weighted by molar-refractivity contribution is 6.29. The van der Waals surface area contributed by atoms with Crippen LogP contribution in [0.5, 0.6) is 0 Å². The molecule has 0 atom stereocenters. The summed E-state index contributed by atoms with van der Waals surface area (Å²) in [5.74, 6) is -0.334. The Bertz CT molecular complexity index is 858. The summed E-state index contributed by atoms with van der Waals surface area (Å²) in [7, 11) is 0. The minimum atomic E-state index is -0.528. The zero-order valence-corrected chi connectivity index (χ0v) is 15.2. The van der Waals surface area contributed by atoms with Crippen molar-refractivity contribution in [2.24, 2.45) is 0 Å². The highest BCUT2D eigenvalue weighted by Gasteiger charge is 2.24. The molecule has 0 spiro atoms. The van der Waals surface area contributed by atoms with Crippen molar-refractivity contribution in [1.29, 1.82) is 0 Å². The van der Waals surface area contributed by atoms with Gasteiger partial charge in [0.05, 0.1) is 5.52 Å². The van der Waals surface area contributed by atoms with Gasteiger partial charge in [-0.2, -0.15) is 0 Å². The smallest absolute Gasteiger partial charge is 0.410 e. The summed E-state index contributed by atoms with van der Waals surface area (Å²) in [5.41, 5.74) is 1.43. The van der Waals surface area contributed by atoms with Crippen LogP contribution < -0.4 is 0 Å². The molecular weight excluding hydrogens is 343 g/mol. The van der Waals surface area contributed by atoms with Gasteiger partial charge in [0.2, 0.25) is 0 Å². The number of carbonyl (C=O) groups excluding carboxylic acids is 1. The van der Waals surface area contributed by atoms with Crippen molar-refractivity contribution in [1.82, 2.24) is 9.88 Å². The van der Waals surface area contributed by atoms with E-state index in [1.807, 2.05) is 32.9 Å². The maximum absolute atomic E-state index is 14.5. The van der Waals surface area contributed by atoms with Crippen molar-refractivity contribution < 1.29 is 13.9 Å². The Hall–Kier alpha value is -2.14. The van der Waals surface area contributed by atoms with Gasteiger partial charge in [0.15, 0.2) is 0 Å². The Labute approximate surface area is 151 Å². The van der Waals surface area contributed by atoms with E-state index in [9.17, 15) is 9.18 Å². The minimum Gasteiger partial charge on any atom is -0.444 e. The van der Waals surface area contributed by atoms with Crippen LogP contribution in [-0.2, 0) is 4.74 Å². The number of fused-ring (bicyclic) bond motifs is 1. The van der Waals surface area contributed by atoms with E-state index in [1.165, 1.54) is 6.07 Å². The topological polar surface area (TPSA) is 42.4 Å². The molecule has 1 amide bonds. The van der Waals surface area contributed by atoms with Gasteiger partial charge in [-0.15, -0.1) is 0 Å². The fourth-order valence-corrected chi connectivity index (χ4v) is 2.93. The molecule has 1 aliphatic rings. The number of carbonyl (C=O) groups is 1. The standard InChI is InChI=1S/C19H20ClFN2O2/c1-19(2,3)25-18(24)23-8-6-12(7-9-23)14-10-13-4-5-17(20)22-16(13)11-15(14)21/h4-6,10-11H,7-9H2,1-3H3. The number of hydrogen-bond donors (Lipinski definition) is 0. The first kappa shape index (κ1) is 17.7. The first-order chi connectivity index (χ1) is 11.7. The van der Waals surface area contributed by atoms with Crippen molar-refractivity contribution in [2.45, 2.75) is 32.8 Å². The van der Waals surface area contributed by atoms with Gasteiger partial charge in [0.1, 0.15) is 16.6 Å². The van der Waals surface area contributed by atoms with Crippen LogP contribution in [0.4, 0.5) is 9.18 Å². The number of halogens is 2. The minimum absolute atomic E-state index is 0.334. The fourth-order valence-electron chi connectivity index (χ4n) is 2.77. The number of amides is 1. The van der Waals surface area contributed by atoms with Crippen LogP contribution in [0.1, 0.15) is 32.8 Å². The van der Waals surface area contributed by atoms with Crippen molar-refractivity contribution >= 4 is 34.2 Å². The molecule has 0 saturated carbocycles. The van der Waals surface area contributed by atoms with Gasteiger partial charge in [-0.05, 0) is 51.0 Å². The summed E-state index contributed by atoms with van der Waals surface area (Å²) in [4.78, 5) is 17.9. The van der Waals surface area contributed by atoms with Gasteiger partial charge in [-0.3, -0.25) is 0 Å². The molecule has 1 aromatic heterocycles. The average molecular weight is 363 g/mol. The summed E-state index contributed by atoms with van der Waals surface area (Å²) in [6.45, 7) is 6.40. The number of hydrogen-bond acceptors (Lipinski definition) is 3. The lowest BCUT2D eigenvalue weighted by molar-refractivity contribution is 0.0270. The molecule has 1 aliphatic heterocycles. The Morgan fingerprint density at radius 1 is 1.32 bits per heavy atom. The van der Waals surface area contributed by atoms with Crippen LogP contribution in [0.15, 0.2) is 30.3 Å². The van der Waals surface area contributed by atoms with Crippen LogP contribution >= 0.6 is 11.6 Å². The number of rotatable bonds is 1. The quantitative estimate of drug-likeness (QED) is 0.666. The van der Waals surface area contributed by atoms with E-state index in [0.29, 0.717) is 35.7 Å². The summed E-state index contributed by atoms with van der Waals surface area (Å²) < 4.78 is 19.9. The third-order valence-electron chi connectivity index (χ3n) is 3.95. The molecular formula is C19H20ClFN2O2. The second-order valence-electron chi connectivity index (χ2n) is 7.06. The molecule has 0 fully saturated rings. The monoisotopic (exact) mass is 362 g/mol. The molecule has 2 aromatic rings. The molecule has 0 radical (unpaired) electrons. The largest absolute Gasteiger partial charge is 0.444 e. The van der Waals surface area contributed by atoms with E-state index in [-0.39, 0.29) is 11.9 Å². The second kappa shape index (κ2) is 6.64. The van der Waals surface area contributed by atoms with Crippen molar-refractivity contribution in [2.75, 3.05) is 13.1 Å². The molecule has 25 heavy (non-hydrogen) atoms. The van der Waals surface area contributed by atoms with Gasteiger partial charge < -0.3 is 9.64 Å². The molecule has 132 valence electrons. The zero-order valence-electron chi connectivity index (χ0n) is 14.5. The second-order valence-corrected chi connectivity index (χ2v) is 7.45. The average Bonchev–Trinajstić information content (AvgIpc) is 2.52. The SMILES string of the molecule is CC(C)(C)OC(=O)N1CC=C(c2cc3ccc(Cl)nc3cc2F)CC1. The van der Waals surface area contributed by atoms with Crippen molar-refractivity contribution in [3.8, 4) is 0 Å². The van der Waals surface area contributed by atoms with Crippen LogP contribution in [0, 0.1) is 5.82 Å². The van der Waals surface area contributed by atoms with Crippen LogP contribution in [-0.4, -0.2) is 34.7 Å². The van der Waals surface area contributed by atoms with E-state index in [4.69, 9.17) is 16.3 Å². The van der Waals surface area contributed by atoms with Crippen molar-refractivity contribution in [3.05, 3.63) is 46.9 Å². The Morgan fingerprint density at radius 3 is 2.72 bits per heavy atom. The number of ether oxygens (including phenoxy) is 1. The summed E-state index contributed by atoms with van der Waals surface area (Å²) in [6.07, 6.45) is 2.10. The van der Waals surface area contributed by atoms with E-state index in [0.717, 1.165) is 11.0 Å². The maximum atomic E-state index is 14.5. The molecule has 0 unspecified atom stereocenters. The van der Waals surface area contributed by atoms with Gasteiger partial charge in [0.25, 0.3) is 0 Å². The maximum Gasteiger partial charge on any atom is 0.410 e.